The standard InChI is InChI=1S/C14H15BrN4O2/c1-7-10-6-11(15)13(21)19(12(10)18-14(16)17-7)8-2-4-9(20)5-3-8/h6,8H,2-5H2,1H3,(H2,16,17,18). The van der Waals surface area contributed by atoms with E-state index < -0.39 is 0 Å². The topological polar surface area (TPSA) is 90.9 Å². The highest BCUT2D eigenvalue weighted by Gasteiger charge is 2.24. The predicted molar refractivity (Wildman–Crippen MR) is 83.2 cm³/mol. The summed E-state index contributed by atoms with van der Waals surface area (Å²) < 4.78 is 2.14. The van der Waals surface area contributed by atoms with Gasteiger partial charge in [-0.05, 0) is 41.8 Å². The molecule has 1 aliphatic rings. The molecule has 6 nitrogen and oxygen atoms in total. The van der Waals surface area contributed by atoms with Crippen molar-refractivity contribution in [2.75, 3.05) is 5.73 Å². The van der Waals surface area contributed by atoms with Crippen molar-refractivity contribution in [1.82, 2.24) is 14.5 Å². The third-order valence-corrected chi connectivity index (χ3v) is 4.50. The summed E-state index contributed by atoms with van der Waals surface area (Å²) >= 11 is 3.31. The van der Waals surface area contributed by atoms with E-state index in [1.807, 2.05) is 6.92 Å². The fourth-order valence-corrected chi connectivity index (χ4v) is 3.28. The number of hydrogen-bond acceptors (Lipinski definition) is 5. The van der Waals surface area contributed by atoms with Crippen LogP contribution in [0.4, 0.5) is 5.95 Å². The molecule has 0 unspecified atom stereocenters. The molecule has 0 radical (unpaired) electrons. The first-order valence-corrected chi connectivity index (χ1v) is 7.63. The van der Waals surface area contributed by atoms with Crippen LogP contribution in [0.15, 0.2) is 15.3 Å². The van der Waals surface area contributed by atoms with Crippen LogP contribution in [0.25, 0.3) is 11.0 Å². The summed E-state index contributed by atoms with van der Waals surface area (Å²) in [6.07, 6.45) is 2.33. The molecule has 1 aliphatic carbocycles. The summed E-state index contributed by atoms with van der Waals surface area (Å²) in [5.41, 5.74) is 6.87. The molecule has 0 saturated heterocycles. The number of hydrogen-bond donors (Lipinski definition) is 1. The zero-order valence-corrected chi connectivity index (χ0v) is 13.2. The average Bonchev–Trinajstić information content (AvgIpc) is 2.43. The number of aryl methyl sites for hydroxylation is 1. The van der Waals surface area contributed by atoms with Crippen LogP contribution in [-0.4, -0.2) is 20.3 Å². The van der Waals surface area contributed by atoms with E-state index >= 15 is 0 Å². The van der Waals surface area contributed by atoms with Crippen molar-refractivity contribution in [1.29, 1.82) is 0 Å². The van der Waals surface area contributed by atoms with Crippen LogP contribution in [0.1, 0.15) is 37.4 Å². The number of carbonyl (C=O) groups excluding carboxylic acids is 1. The fraction of sp³-hybridized carbons (Fsp3) is 0.429. The number of nitrogen functional groups attached to an aromatic ring is 1. The van der Waals surface area contributed by atoms with E-state index in [9.17, 15) is 9.59 Å². The first kappa shape index (κ1) is 14.2. The quantitative estimate of drug-likeness (QED) is 0.850. The van der Waals surface area contributed by atoms with Gasteiger partial charge in [-0.1, -0.05) is 0 Å². The van der Waals surface area contributed by atoms with Crippen molar-refractivity contribution >= 4 is 38.7 Å². The first-order chi connectivity index (χ1) is 9.97. The number of rotatable bonds is 1. The van der Waals surface area contributed by atoms with Crippen molar-refractivity contribution in [3.8, 4) is 0 Å². The highest BCUT2D eigenvalue weighted by molar-refractivity contribution is 9.10. The molecule has 3 rings (SSSR count). The minimum absolute atomic E-state index is 0.0242. The molecule has 0 aromatic carbocycles. The van der Waals surface area contributed by atoms with Gasteiger partial charge in [0, 0.05) is 24.3 Å². The summed E-state index contributed by atoms with van der Waals surface area (Å²) in [5, 5.41) is 0.799. The molecular formula is C14H15BrN4O2. The number of pyridine rings is 1. The third-order valence-electron chi connectivity index (χ3n) is 3.93. The summed E-state index contributed by atoms with van der Waals surface area (Å²) in [7, 11) is 0. The Morgan fingerprint density at radius 2 is 1.95 bits per heavy atom. The third kappa shape index (κ3) is 2.46. The van der Waals surface area contributed by atoms with Crippen LogP contribution < -0.4 is 11.3 Å². The Hall–Kier alpha value is -1.76. The number of Topliss-reactive ketones (excluding diaryl/α,β-unsaturated/α-hetero) is 1. The van der Waals surface area contributed by atoms with Crippen LogP contribution in [0.5, 0.6) is 0 Å². The second-order valence-corrected chi connectivity index (χ2v) is 6.20. The Labute approximate surface area is 129 Å². The fourth-order valence-electron chi connectivity index (χ4n) is 2.86. The molecule has 0 aliphatic heterocycles. The Kier molecular flexibility index (Phi) is 3.52. The molecule has 7 heteroatoms. The zero-order valence-electron chi connectivity index (χ0n) is 11.6. The molecule has 2 aromatic rings. The van der Waals surface area contributed by atoms with Crippen molar-refractivity contribution in [2.24, 2.45) is 0 Å². The van der Waals surface area contributed by atoms with E-state index in [1.165, 1.54) is 0 Å². The van der Waals surface area contributed by atoms with E-state index in [4.69, 9.17) is 5.73 Å². The molecule has 0 spiro atoms. The number of ketones is 1. The van der Waals surface area contributed by atoms with Crippen molar-refractivity contribution < 1.29 is 4.79 Å². The summed E-state index contributed by atoms with van der Waals surface area (Å²) in [6, 6.07) is 1.71. The minimum atomic E-state index is -0.139. The maximum atomic E-state index is 12.5. The first-order valence-electron chi connectivity index (χ1n) is 6.84. The lowest BCUT2D eigenvalue weighted by atomic mass is 9.94. The number of aromatic nitrogens is 3. The van der Waals surface area contributed by atoms with Crippen molar-refractivity contribution in [3.05, 3.63) is 26.6 Å². The lowest BCUT2D eigenvalue weighted by Crippen LogP contribution is -2.29. The van der Waals surface area contributed by atoms with Gasteiger partial charge in [-0.25, -0.2) is 4.98 Å². The highest BCUT2D eigenvalue weighted by atomic mass is 79.9. The van der Waals surface area contributed by atoms with Gasteiger partial charge in [0.05, 0.1) is 10.2 Å². The second-order valence-electron chi connectivity index (χ2n) is 5.34. The SMILES string of the molecule is Cc1nc(N)nc2c1cc(Br)c(=O)n2C1CCC(=O)CC1. The maximum absolute atomic E-state index is 12.5. The average molecular weight is 351 g/mol. The van der Waals surface area contributed by atoms with Gasteiger partial charge >= 0.3 is 0 Å². The second kappa shape index (κ2) is 5.22. The van der Waals surface area contributed by atoms with Crippen LogP contribution >= 0.6 is 15.9 Å². The Bertz CT molecular complexity index is 790. The minimum Gasteiger partial charge on any atom is -0.368 e. The molecule has 0 bridgehead atoms. The van der Waals surface area contributed by atoms with Crippen molar-refractivity contribution in [2.45, 2.75) is 38.6 Å². The largest absolute Gasteiger partial charge is 0.368 e. The number of fused-ring (bicyclic) bond motifs is 1. The number of halogens is 1. The van der Waals surface area contributed by atoms with Gasteiger partial charge in [0.15, 0.2) is 0 Å². The number of nitrogens with zero attached hydrogens (tertiary/aromatic N) is 3. The number of anilines is 1. The molecule has 21 heavy (non-hydrogen) atoms. The van der Waals surface area contributed by atoms with Gasteiger partial charge in [-0.3, -0.25) is 14.2 Å². The predicted octanol–water partition coefficient (Wildman–Crippen LogP) is 2.13. The van der Waals surface area contributed by atoms with Crippen molar-refractivity contribution in [3.63, 3.8) is 0 Å². The molecule has 1 fully saturated rings. The number of nitrogens with two attached hydrogens (primary N) is 1. The van der Waals surface area contributed by atoms with Gasteiger partial charge in [-0.15, -0.1) is 0 Å². The summed E-state index contributed by atoms with van der Waals surface area (Å²) in [6.45, 7) is 1.84. The molecular weight excluding hydrogens is 336 g/mol. The Balaban J connectivity index is 2.27. The van der Waals surface area contributed by atoms with Gasteiger partial charge < -0.3 is 5.73 Å². The van der Waals surface area contributed by atoms with Gasteiger partial charge in [0.1, 0.15) is 11.4 Å². The van der Waals surface area contributed by atoms with Crippen LogP contribution in [0.3, 0.4) is 0 Å². The van der Waals surface area contributed by atoms with Crippen LogP contribution in [-0.2, 0) is 4.79 Å². The highest BCUT2D eigenvalue weighted by Crippen LogP contribution is 2.29. The normalized spacial score (nSPS) is 16.6. The van der Waals surface area contributed by atoms with Gasteiger partial charge in [0.25, 0.3) is 5.56 Å². The van der Waals surface area contributed by atoms with Crippen LogP contribution in [0, 0.1) is 6.92 Å². The maximum Gasteiger partial charge on any atom is 0.266 e. The molecule has 1 saturated carbocycles. The monoisotopic (exact) mass is 350 g/mol. The lowest BCUT2D eigenvalue weighted by Gasteiger charge is -2.25. The molecule has 2 N–H and O–H groups in total. The molecule has 110 valence electrons. The summed E-state index contributed by atoms with van der Waals surface area (Å²) in [5.74, 6) is 0.409. The van der Waals surface area contributed by atoms with Crippen LogP contribution in [0.2, 0.25) is 0 Å². The van der Waals surface area contributed by atoms with Gasteiger partial charge in [0.2, 0.25) is 5.95 Å². The number of carbonyl (C=O) groups is 1. The molecule has 2 aromatic heterocycles. The molecule has 0 atom stereocenters. The Morgan fingerprint density at radius 1 is 1.29 bits per heavy atom. The van der Waals surface area contributed by atoms with E-state index in [1.54, 1.807) is 10.6 Å². The van der Waals surface area contributed by atoms with E-state index in [0.717, 1.165) is 11.1 Å². The van der Waals surface area contributed by atoms with E-state index in [-0.39, 0.29) is 23.3 Å². The smallest absolute Gasteiger partial charge is 0.266 e. The lowest BCUT2D eigenvalue weighted by molar-refractivity contribution is -0.120. The Morgan fingerprint density at radius 3 is 2.62 bits per heavy atom. The molecule has 0 amide bonds. The molecule has 2 heterocycles. The van der Waals surface area contributed by atoms with E-state index in [2.05, 4.69) is 25.9 Å². The summed E-state index contributed by atoms with van der Waals surface area (Å²) in [4.78, 5) is 32.3. The van der Waals surface area contributed by atoms with E-state index in [0.29, 0.717) is 35.8 Å². The zero-order chi connectivity index (χ0) is 15.1. The van der Waals surface area contributed by atoms with Gasteiger partial charge in [-0.2, -0.15) is 4.98 Å².